The number of ether oxygens (including phenoxy) is 1. The Balaban J connectivity index is 1.98. The monoisotopic (exact) mass is 237 g/mol. The number of benzene rings is 1. The molecule has 4 heteroatoms. The molecule has 1 heterocycles. The van der Waals surface area contributed by atoms with Gasteiger partial charge in [0.05, 0.1) is 7.11 Å². The lowest BCUT2D eigenvalue weighted by atomic mass is 9.96. The van der Waals surface area contributed by atoms with Crippen molar-refractivity contribution in [1.82, 2.24) is 5.32 Å². The zero-order chi connectivity index (χ0) is 11.3. The van der Waals surface area contributed by atoms with E-state index in [0.29, 0.717) is 6.54 Å². The van der Waals surface area contributed by atoms with Crippen LogP contribution in [0.25, 0.3) is 0 Å². The van der Waals surface area contributed by atoms with E-state index in [2.05, 4.69) is 5.32 Å². The van der Waals surface area contributed by atoms with E-state index in [-0.39, 0.29) is 11.9 Å². The van der Waals surface area contributed by atoms with Crippen LogP contribution in [0.3, 0.4) is 0 Å². The number of hydrogen-bond donors (Lipinski definition) is 1. The molecular weight excluding hydrogens is 226 g/mol. The lowest BCUT2D eigenvalue weighted by Crippen LogP contribution is -2.43. The zero-order valence-electron chi connectivity index (χ0n) is 8.92. The number of esters is 1. The fourth-order valence-corrected chi connectivity index (χ4v) is 2.83. The van der Waals surface area contributed by atoms with Crippen LogP contribution in [0, 0.1) is 0 Å². The molecular formula is C12H12ClNO2. The van der Waals surface area contributed by atoms with Gasteiger partial charge < -0.3 is 4.74 Å². The summed E-state index contributed by atoms with van der Waals surface area (Å²) in [5, 5.41) is 4.01. The van der Waals surface area contributed by atoms with Gasteiger partial charge in [0, 0.05) is 17.5 Å². The summed E-state index contributed by atoms with van der Waals surface area (Å²) in [7, 11) is 1.44. The Kier molecular flexibility index (Phi) is 2.03. The summed E-state index contributed by atoms with van der Waals surface area (Å²) in [6.07, 6.45) is 0.828. The molecule has 1 aromatic carbocycles. The van der Waals surface area contributed by atoms with Crippen molar-refractivity contribution in [3.8, 4) is 0 Å². The van der Waals surface area contributed by atoms with Crippen molar-refractivity contribution in [2.24, 2.45) is 0 Å². The van der Waals surface area contributed by atoms with Crippen LogP contribution in [0.15, 0.2) is 18.2 Å². The minimum Gasteiger partial charge on any atom is -0.468 e. The first kappa shape index (κ1) is 10.1. The smallest absolute Gasteiger partial charge is 0.326 e. The molecule has 2 atom stereocenters. The molecule has 2 aliphatic rings. The maximum absolute atomic E-state index is 11.7. The van der Waals surface area contributed by atoms with Gasteiger partial charge in [-0.15, -0.1) is 0 Å². The number of fused-ring (bicyclic) bond motifs is 3. The van der Waals surface area contributed by atoms with Crippen LogP contribution in [-0.4, -0.2) is 18.6 Å². The van der Waals surface area contributed by atoms with Crippen LogP contribution >= 0.6 is 11.6 Å². The van der Waals surface area contributed by atoms with Crippen LogP contribution in [0.2, 0.25) is 5.02 Å². The first-order valence-electron chi connectivity index (χ1n) is 5.29. The van der Waals surface area contributed by atoms with Gasteiger partial charge in [-0.3, -0.25) is 10.1 Å². The SMILES string of the molecule is COC(=O)[C@@]12C[C@H]1c1ccc(Cl)cc1CN2. The molecule has 1 aliphatic carbocycles. The van der Waals surface area contributed by atoms with E-state index in [4.69, 9.17) is 16.3 Å². The number of halogens is 1. The van der Waals surface area contributed by atoms with Gasteiger partial charge in [-0.05, 0) is 29.7 Å². The quantitative estimate of drug-likeness (QED) is 0.758. The number of hydrogen-bond acceptors (Lipinski definition) is 3. The molecule has 0 bridgehead atoms. The fourth-order valence-electron chi connectivity index (χ4n) is 2.63. The van der Waals surface area contributed by atoms with E-state index < -0.39 is 5.54 Å². The van der Waals surface area contributed by atoms with Crippen LogP contribution < -0.4 is 5.32 Å². The Morgan fingerprint density at radius 1 is 1.62 bits per heavy atom. The van der Waals surface area contributed by atoms with E-state index in [9.17, 15) is 4.79 Å². The molecule has 0 radical (unpaired) electrons. The predicted octanol–water partition coefficient (Wildman–Crippen LogP) is 1.84. The standard InChI is InChI=1S/C12H12ClNO2/c1-16-11(15)12-5-10(12)9-3-2-8(13)4-7(9)6-14-12/h2-4,10,14H,5-6H2,1H3/t10-,12+/m0/s1. The number of nitrogens with one attached hydrogen (secondary N) is 1. The Morgan fingerprint density at radius 2 is 2.44 bits per heavy atom. The second-order valence-corrected chi connectivity index (χ2v) is 4.85. The Labute approximate surface area is 98.7 Å². The number of carbonyl (C=O) groups is 1. The first-order chi connectivity index (χ1) is 7.67. The van der Waals surface area contributed by atoms with E-state index in [0.717, 1.165) is 11.4 Å². The molecule has 1 aromatic rings. The van der Waals surface area contributed by atoms with Crippen LogP contribution in [0.4, 0.5) is 0 Å². The van der Waals surface area contributed by atoms with Gasteiger partial charge in [0.1, 0.15) is 5.54 Å². The van der Waals surface area contributed by atoms with Crippen LogP contribution in [0.1, 0.15) is 23.5 Å². The number of carbonyl (C=O) groups excluding carboxylic acids is 1. The molecule has 1 N–H and O–H groups in total. The lowest BCUT2D eigenvalue weighted by Gasteiger charge is -2.24. The van der Waals surface area contributed by atoms with E-state index in [1.54, 1.807) is 0 Å². The van der Waals surface area contributed by atoms with Crippen molar-refractivity contribution < 1.29 is 9.53 Å². The van der Waals surface area contributed by atoms with Crippen molar-refractivity contribution >= 4 is 17.6 Å². The lowest BCUT2D eigenvalue weighted by molar-refractivity contribution is -0.144. The molecule has 1 saturated carbocycles. The molecule has 0 spiro atoms. The molecule has 0 aromatic heterocycles. The van der Waals surface area contributed by atoms with Crippen LogP contribution in [0.5, 0.6) is 0 Å². The van der Waals surface area contributed by atoms with Gasteiger partial charge >= 0.3 is 5.97 Å². The summed E-state index contributed by atoms with van der Waals surface area (Å²) >= 11 is 5.94. The molecule has 84 valence electrons. The number of methoxy groups -OCH3 is 1. The minimum absolute atomic E-state index is 0.155. The van der Waals surface area contributed by atoms with E-state index in [1.165, 1.54) is 18.2 Å². The first-order valence-corrected chi connectivity index (χ1v) is 5.67. The third-order valence-corrected chi connectivity index (χ3v) is 3.82. The third-order valence-electron chi connectivity index (χ3n) is 3.59. The Hall–Kier alpha value is -1.06. The maximum Gasteiger partial charge on any atom is 0.326 e. The zero-order valence-corrected chi connectivity index (χ0v) is 9.67. The number of rotatable bonds is 1. The molecule has 3 rings (SSSR count). The normalized spacial score (nSPS) is 30.2. The Morgan fingerprint density at radius 3 is 3.19 bits per heavy atom. The largest absolute Gasteiger partial charge is 0.468 e. The summed E-state index contributed by atoms with van der Waals surface area (Å²) in [5.74, 6) is 0.0964. The van der Waals surface area contributed by atoms with Gasteiger partial charge in [-0.25, -0.2) is 0 Å². The second kappa shape index (κ2) is 3.22. The van der Waals surface area contributed by atoms with Gasteiger partial charge in [0.15, 0.2) is 0 Å². The summed E-state index contributed by atoms with van der Waals surface area (Å²) < 4.78 is 4.85. The average molecular weight is 238 g/mol. The molecule has 0 unspecified atom stereocenters. The molecule has 1 aliphatic heterocycles. The molecule has 0 saturated heterocycles. The summed E-state index contributed by atoms with van der Waals surface area (Å²) in [4.78, 5) is 11.7. The highest BCUT2D eigenvalue weighted by Crippen LogP contribution is 2.55. The maximum atomic E-state index is 11.7. The van der Waals surface area contributed by atoms with Crippen molar-refractivity contribution in [2.45, 2.75) is 24.4 Å². The molecule has 0 amide bonds. The summed E-state index contributed by atoms with van der Waals surface area (Å²) in [6, 6.07) is 5.86. The van der Waals surface area contributed by atoms with Gasteiger partial charge in [-0.2, -0.15) is 0 Å². The van der Waals surface area contributed by atoms with Crippen molar-refractivity contribution in [3.05, 3.63) is 34.3 Å². The minimum atomic E-state index is -0.463. The third kappa shape index (κ3) is 1.22. The highest BCUT2D eigenvalue weighted by molar-refractivity contribution is 6.30. The van der Waals surface area contributed by atoms with Crippen LogP contribution in [-0.2, 0) is 16.1 Å². The van der Waals surface area contributed by atoms with Gasteiger partial charge in [-0.1, -0.05) is 17.7 Å². The molecule has 16 heavy (non-hydrogen) atoms. The topological polar surface area (TPSA) is 38.3 Å². The van der Waals surface area contributed by atoms with Gasteiger partial charge in [0.2, 0.25) is 0 Å². The second-order valence-electron chi connectivity index (χ2n) is 4.42. The highest BCUT2D eigenvalue weighted by atomic mass is 35.5. The summed E-state index contributed by atoms with van der Waals surface area (Å²) in [6.45, 7) is 0.682. The molecule has 1 fully saturated rings. The van der Waals surface area contributed by atoms with Crippen molar-refractivity contribution in [1.29, 1.82) is 0 Å². The van der Waals surface area contributed by atoms with Crippen molar-refractivity contribution in [2.75, 3.05) is 7.11 Å². The summed E-state index contributed by atoms with van der Waals surface area (Å²) in [5.41, 5.74) is 1.96. The predicted molar refractivity (Wildman–Crippen MR) is 60.4 cm³/mol. The highest BCUT2D eigenvalue weighted by Gasteiger charge is 2.63. The molecule has 3 nitrogen and oxygen atoms in total. The van der Waals surface area contributed by atoms with E-state index in [1.807, 2.05) is 18.2 Å². The van der Waals surface area contributed by atoms with E-state index >= 15 is 0 Å². The fraction of sp³-hybridized carbons (Fsp3) is 0.417. The van der Waals surface area contributed by atoms with Crippen molar-refractivity contribution in [3.63, 3.8) is 0 Å². The average Bonchev–Trinajstić information content (AvgIpc) is 3.03. The Bertz CT molecular complexity index is 474. The van der Waals surface area contributed by atoms with Gasteiger partial charge in [0.25, 0.3) is 0 Å².